The normalized spacial score (nSPS) is 11.4. The lowest BCUT2D eigenvalue weighted by Crippen LogP contribution is -2.13. The number of hydrogen-bond donors (Lipinski definition) is 0. The molecule has 3 heteroatoms. The molecule has 116 valence electrons. The average molecular weight is 295 g/mol. The molecule has 2 aromatic carbocycles. The molecule has 0 amide bonds. The van der Waals surface area contributed by atoms with E-state index in [9.17, 15) is 0 Å². The summed E-state index contributed by atoms with van der Waals surface area (Å²) >= 11 is 0. The molecule has 0 unspecified atom stereocenters. The van der Waals surface area contributed by atoms with E-state index >= 15 is 0 Å². The summed E-state index contributed by atoms with van der Waals surface area (Å²) in [7, 11) is 1.40. The van der Waals surface area contributed by atoms with Gasteiger partial charge in [0.2, 0.25) is 0 Å². The average Bonchev–Trinajstić information content (AvgIpc) is 2.41. The maximum atomic E-state index is 5.68. The van der Waals surface area contributed by atoms with Crippen LogP contribution in [-0.4, -0.2) is 7.69 Å². The van der Waals surface area contributed by atoms with Gasteiger partial charge in [-0.3, -0.25) is 0 Å². The largest absolute Gasteiger partial charge is 0.726 e. The maximum absolute atomic E-state index is 5.68. The summed E-state index contributed by atoms with van der Waals surface area (Å²) in [4.78, 5) is 0. The molecule has 2 aromatic rings. The van der Waals surface area contributed by atoms with Gasteiger partial charge < -0.3 is 9.31 Å². The van der Waals surface area contributed by atoms with Crippen LogP contribution in [-0.2, 0) is 5.41 Å². The first-order valence-corrected chi connectivity index (χ1v) is 7.61. The molecule has 0 aliphatic rings. The Hall–Kier alpha value is -1.90. The highest BCUT2D eigenvalue weighted by molar-refractivity contribution is 6.20. The Bertz CT molecular complexity index is 616. The van der Waals surface area contributed by atoms with Crippen molar-refractivity contribution in [3.8, 4) is 11.5 Å². The summed E-state index contributed by atoms with van der Waals surface area (Å²) in [6.45, 7) is 12.8. The van der Waals surface area contributed by atoms with E-state index in [0.29, 0.717) is 0 Å². The van der Waals surface area contributed by atoms with Crippen molar-refractivity contribution in [1.29, 1.82) is 0 Å². The van der Waals surface area contributed by atoms with Crippen LogP contribution in [0, 0.1) is 20.8 Å². The summed E-state index contributed by atoms with van der Waals surface area (Å²) in [6, 6.07) is 12.3. The number of rotatable bonds is 4. The highest BCUT2D eigenvalue weighted by Gasteiger charge is 2.12. The molecule has 0 saturated heterocycles. The molecular weight excluding hydrogens is 271 g/mol. The van der Waals surface area contributed by atoms with Crippen molar-refractivity contribution in [1.82, 2.24) is 0 Å². The topological polar surface area (TPSA) is 18.5 Å². The lowest BCUT2D eigenvalue weighted by atomic mass is 9.87. The van der Waals surface area contributed by atoms with Crippen molar-refractivity contribution in [3.05, 3.63) is 58.7 Å². The van der Waals surface area contributed by atoms with Crippen LogP contribution in [0.1, 0.15) is 43.0 Å². The first-order chi connectivity index (χ1) is 10.3. The monoisotopic (exact) mass is 295 g/mol. The van der Waals surface area contributed by atoms with Gasteiger partial charge in [0.15, 0.2) is 0 Å². The molecule has 0 aliphatic carbocycles. The molecule has 2 nitrogen and oxygen atoms in total. The first kappa shape index (κ1) is 16.5. The van der Waals surface area contributed by atoms with Gasteiger partial charge in [-0.2, -0.15) is 0 Å². The molecule has 0 saturated carbocycles. The Morgan fingerprint density at radius 2 is 1.36 bits per heavy atom. The van der Waals surface area contributed by atoms with Crippen LogP contribution in [0.2, 0.25) is 0 Å². The van der Waals surface area contributed by atoms with Gasteiger partial charge in [-0.15, -0.1) is 0 Å². The molecule has 0 spiro atoms. The molecule has 2 rings (SSSR count). The summed E-state index contributed by atoms with van der Waals surface area (Å²) in [6.07, 6.45) is 0. The lowest BCUT2D eigenvalue weighted by Gasteiger charge is -2.26. The van der Waals surface area contributed by atoms with Crippen LogP contribution >= 0.6 is 0 Å². The van der Waals surface area contributed by atoms with Crippen molar-refractivity contribution in [2.24, 2.45) is 0 Å². The van der Waals surface area contributed by atoms with Crippen molar-refractivity contribution in [2.45, 2.75) is 47.0 Å². The van der Waals surface area contributed by atoms with Crippen LogP contribution in [0.3, 0.4) is 0 Å². The summed E-state index contributed by atoms with van der Waals surface area (Å²) in [5.74, 6) is 1.63. The lowest BCUT2D eigenvalue weighted by molar-refractivity contribution is 0.454. The molecule has 0 aromatic heterocycles. The van der Waals surface area contributed by atoms with E-state index in [0.717, 1.165) is 22.6 Å². The van der Waals surface area contributed by atoms with Gasteiger partial charge in [0, 0.05) is 0 Å². The Balaban J connectivity index is 1.97. The van der Waals surface area contributed by atoms with Crippen molar-refractivity contribution in [3.63, 3.8) is 0 Å². The minimum atomic E-state index is 0.148. The predicted molar refractivity (Wildman–Crippen MR) is 92.8 cm³/mol. The molecule has 0 aliphatic heterocycles. The standard InChI is InChI=1S/C19H24BO2/c1-13-11-14(2)18(15(3)12-13)22-20-21-17-9-7-16(8-10-17)19(4,5)6/h7-12H,1-6H3/q-1. The third-order valence-corrected chi connectivity index (χ3v) is 3.68. The highest BCUT2D eigenvalue weighted by Crippen LogP contribution is 2.26. The SMILES string of the molecule is Cc1cc(C)c(O[B-]Oc2ccc(C(C)(C)C)cc2)c(C)c1. The number of benzene rings is 2. The van der Waals surface area contributed by atoms with Crippen molar-refractivity contribution >= 4 is 7.69 Å². The van der Waals surface area contributed by atoms with Gasteiger partial charge in [-0.05, 0) is 55.0 Å². The zero-order chi connectivity index (χ0) is 16.3. The maximum Gasteiger partial charge on any atom is 0.137 e. The quantitative estimate of drug-likeness (QED) is 0.747. The van der Waals surface area contributed by atoms with Gasteiger partial charge in [-0.1, -0.05) is 50.6 Å². The highest BCUT2D eigenvalue weighted by atomic mass is 16.6. The summed E-state index contributed by atoms with van der Waals surface area (Å²) < 4.78 is 11.2. The van der Waals surface area contributed by atoms with Gasteiger partial charge in [-0.25, -0.2) is 0 Å². The third-order valence-electron chi connectivity index (χ3n) is 3.68. The zero-order valence-electron chi connectivity index (χ0n) is 14.4. The molecule has 22 heavy (non-hydrogen) atoms. The van der Waals surface area contributed by atoms with Crippen LogP contribution in [0.4, 0.5) is 0 Å². The third kappa shape index (κ3) is 4.06. The number of aryl methyl sites for hydroxylation is 3. The van der Waals surface area contributed by atoms with E-state index in [1.54, 1.807) is 0 Å². The Morgan fingerprint density at radius 1 is 0.818 bits per heavy atom. The molecule has 2 radical (unpaired) electrons. The molecule has 0 bridgehead atoms. The summed E-state index contributed by atoms with van der Waals surface area (Å²) in [5, 5.41) is 0. The van der Waals surface area contributed by atoms with E-state index < -0.39 is 0 Å². The second-order valence-corrected chi connectivity index (χ2v) is 6.83. The van der Waals surface area contributed by atoms with Crippen LogP contribution in [0.25, 0.3) is 0 Å². The number of hydrogen-bond acceptors (Lipinski definition) is 2. The fourth-order valence-electron chi connectivity index (χ4n) is 2.51. The van der Waals surface area contributed by atoms with Crippen LogP contribution < -0.4 is 9.31 Å². The van der Waals surface area contributed by atoms with E-state index in [2.05, 4.69) is 52.0 Å². The molecule has 0 atom stereocenters. The van der Waals surface area contributed by atoms with E-state index in [1.165, 1.54) is 18.8 Å². The van der Waals surface area contributed by atoms with E-state index in [4.69, 9.17) is 9.31 Å². The van der Waals surface area contributed by atoms with Gasteiger partial charge in [0.25, 0.3) is 0 Å². The molecular formula is C19H24BO2-. The predicted octanol–water partition coefficient (Wildman–Crippen LogP) is 4.90. The second-order valence-electron chi connectivity index (χ2n) is 6.83. The Morgan fingerprint density at radius 3 is 1.86 bits per heavy atom. The minimum Gasteiger partial charge on any atom is -0.726 e. The summed E-state index contributed by atoms with van der Waals surface area (Å²) in [5.41, 5.74) is 4.89. The molecule has 0 heterocycles. The van der Waals surface area contributed by atoms with Gasteiger partial charge in [0.1, 0.15) is 7.69 Å². The van der Waals surface area contributed by atoms with Crippen molar-refractivity contribution in [2.75, 3.05) is 0 Å². The van der Waals surface area contributed by atoms with E-state index in [-0.39, 0.29) is 5.41 Å². The minimum absolute atomic E-state index is 0.148. The van der Waals surface area contributed by atoms with Crippen LogP contribution in [0.5, 0.6) is 11.5 Å². The van der Waals surface area contributed by atoms with Crippen LogP contribution in [0.15, 0.2) is 36.4 Å². The fourth-order valence-corrected chi connectivity index (χ4v) is 2.51. The first-order valence-electron chi connectivity index (χ1n) is 7.61. The zero-order valence-corrected chi connectivity index (χ0v) is 14.4. The second kappa shape index (κ2) is 6.47. The van der Waals surface area contributed by atoms with Gasteiger partial charge >= 0.3 is 0 Å². The molecule has 0 N–H and O–H groups in total. The fraction of sp³-hybridized carbons (Fsp3) is 0.368. The Labute approximate surface area is 134 Å². The molecule has 0 fully saturated rings. The van der Waals surface area contributed by atoms with Crippen molar-refractivity contribution < 1.29 is 9.31 Å². The van der Waals surface area contributed by atoms with Gasteiger partial charge in [0.05, 0.1) is 11.5 Å². The Kier molecular flexibility index (Phi) is 4.85. The smallest absolute Gasteiger partial charge is 0.137 e. The van der Waals surface area contributed by atoms with E-state index in [1.807, 2.05) is 26.0 Å².